The number of carbonyl (C=O) groups is 2. The van der Waals surface area contributed by atoms with Gasteiger partial charge in [0.1, 0.15) is 18.1 Å². The van der Waals surface area contributed by atoms with Gasteiger partial charge in [-0.2, -0.15) is 0 Å². The van der Waals surface area contributed by atoms with Crippen molar-refractivity contribution >= 4 is 40.8 Å². The summed E-state index contributed by atoms with van der Waals surface area (Å²) in [6.45, 7) is 1.99. The molecule has 1 aromatic heterocycles. The predicted molar refractivity (Wildman–Crippen MR) is 160 cm³/mol. The standard InChI is InChI=1S/C31H28Cl2FN5O3/c1-42-25-4-2-3-22(17-25)28-11-12-29(36-35-28)37-13-15-38(16-14-37)30(40)20-39(19-21-5-8-24(34)9-6-21)31(41)26-10-7-23(32)18-27(26)33/h2-12,17-18H,13-16,19-20H2,1H3. The van der Waals surface area contributed by atoms with Crippen LogP contribution in [0.15, 0.2) is 78.9 Å². The molecule has 0 saturated carbocycles. The molecule has 1 saturated heterocycles. The normalized spacial score (nSPS) is 13.1. The molecule has 1 fully saturated rings. The second-order valence-corrected chi connectivity index (χ2v) is 10.6. The SMILES string of the molecule is COc1cccc(-c2ccc(N3CCN(C(=O)CN(Cc4ccc(F)cc4)C(=O)c4ccc(Cl)cc4Cl)CC3)nn2)c1. The molecule has 0 atom stereocenters. The first kappa shape index (κ1) is 29.3. The van der Waals surface area contributed by atoms with Crippen molar-refractivity contribution < 1.29 is 18.7 Å². The first-order valence-electron chi connectivity index (χ1n) is 13.3. The fourth-order valence-electron chi connectivity index (χ4n) is 4.72. The maximum Gasteiger partial charge on any atom is 0.256 e. The minimum Gasteiger partial charge on any atom is -0.497 e. The van der Waals surface area contributed by atoms with E-state index in [1.54, 1.807) is 30.2 Å². The van der Waals surface area contributed by atoms with Gasteiger partial charge in [-0.25, -0.2) is 4.39 Å². The molecule has 0 N–H and O–H groups in total. The van der Waals surface area contributed by atoms with Crippen molar-refractivity contribution in [1.82, 2.24) is 20.0 Å². The van der Waals surface area contributed by atoms with Gasteiger partial charge in [0.05, 0.1) is 23.4 Å². The molecule has 0 radical (unpaired) electrons. The van der Waals surface area contributed by atoms with Gasteiger partial charge in [-0.3, -0.25) is 9.59 Å². The van der Waals surface area contributed by atoms with Gasteiger partial charge >= 0.3 is 0 Å². The number of methoxy groups -OCH3 is 1. The number of anilines is 1. The van der Waals surface area contributed by atoms with Gasteiger partial charge in [0.15, 0.2) is 5.82 Å². The van der Waals surface area contributed by atoms with Crippen LogP contribution in [0.4, 0.5) is 10.2 Å². The summed E-state index contributed by atoms with van der Waals surface area (Å²) in [6, 6.07) is 21.9. The quantitative estimate of drug-likeness (QED) is 0.260. The predicted octanol–water partition coefficient (Wildman–Crippen LogP) is 5.59. The number of rotatable bonds is 8. The van der Waals surface area contributed by atoms with Crippen molar-refractivity contribution in [1.29, 1.82) is 0 Å². The Hall–Kier alpha value is -4.21. The van der Waals surface area contributed by atoms with Crippen molar-refractivity contribution in [2.75, 3.05) is 44.7 Å². The average Bonchev–Trinajstić information content (AvgIpc) is 3.01. The third-order valence-electron chi connectivity index (χ3n) is 7.03. The third kappa shape index (κ3) is 6.98. The molecule has 1 aliphatic heterocycles. The number of carbonyl (C=O) groups excluding carboxylic acids is 2. The zero-order valence-electron chi connectivity index (χ0n) is 22.8. The van der Waals surface area contributed by atoms with Crippen molar-refractivity contribution in [3.63, 3.8) is 0 Å². The monoisotopic (exact) mass is 607 g/mol. The zero-order valence-corrected chi connectivity index (χ0v) is 24.4. The smallest absolute Gasteiger partial charge is 0.256 e. The first-order valence-corrected chi connectivity index (χ1v) is 14.1. The number of benzene rings is 3. The minimum absolute atomic E-state index is 0.110. The molecule has 0 aliphatic carbocycles. The molecular weight excluding hydrogens is 580 g/mol. The number of piperazine rings is 1. The van der Waals surface area contributed by atoms with Gasteiger partial charge in [0, 0.05) is 43.3 Å². The van der Waals surface area contributed by atoms with E-state index in [1.165, 1.54) is 29.2 Å². The van der Waals surface area contributed by atoms with Crippen LogP contribution >= 0.6 is 23.2 Å². The topological polar surface area (TPSA) is 78.9 Å². The summed E-state index contributed by atoms with van der Waals surface area (Å²) in [5.74, 6) is 0.465. The van der Waals surface area contributed by atoms with E-state index >= 15 is 0 Å². The summed E-state index contributed by atoms with van der Waals surface area (Å²) in [7, 11) is 1.62. The molecular formula is C31H28Cl2FN5O3. The lowest BCUT2D eigenvalue weighted by molar-refractivity contribution is -0.132. The fraction of sp³-hybridized carbons (Fsp3) is 0.226. The molecule has 0 bridgehead atoms. The van der Waals surface area contributed by atoms with Crippen LogP contribution in [0, 0.1) is 5.82 Å². The molecule has 0 unspecified atom stereocenters. The summed E-state index contributed by atoms with van der Waals surface area (Å²) in [4.78, 5) is 32.1. The summed E-state index contributed by atoms with van der Waals surface area (Å²) in [6.07, 6.45) is 0. The molecule has 8 nitrogen and oxygen atoms in total. The Morgan fingerprint density at radius 2 is 1.69 bits per heavy atom. The summed E-state index contributed by atoms with van der Waals surface area (Å²) in [5.41, 5.74) is 2.56. The van der Waals surface area contributed by atoms with Gasteiger partial charge in [-0.15, -0.1) is 10.2 Å². The van der Waals surface area contributed by atoms with E-state index in [0.717, 1.165) is 22.8 Å². The third-order valence-corrected chi connectivity index (χ3v) is 7.58. The van der Waals surface area contributed by atoms with Crippen LogP contribution in [0.5, 0.6) is 5.75 Å². The Balaban J connectivity index is 1.24. The maximum atomic E-state index is 13.5. The van der Waals surface area contributed by atoms with E-state index in [4.69, 9.17) is 27.9 Å². The molecule has 3 aromatic carbocycles. The number of hydrogen-bond acceptors (Lipinski definition) is 6. The Morgan fingerprint density at radius 1 is 0.929 bits per heavy atom. The van der Waals surface area contributed by atoms with E-state index < -0.39 is 5.91 Å². The largest absolute Gasteiger partial charge is 0.497 e. The van der Waals surface area contributed by atoms with E-state index in [2.05, 4.69) is 15.1 Å². The summed E-state index contributed by atoms with van der Waals surface area (Å²) >= 11 is 12.3. The Bertz CT molecular complexity index is 1560. The van der Waals surface area contributed by atoms with E-state index in [-0.39, 0.29) is 35.4 Å². The highest BCUT2D eigenvalue weighted by Crippen LogP contribution is 2.25. The maximum absolute atomic E-state index is 13.5. The van der Waals surface area contributed by atoms with Gasteiger partial charge < -0.3 is 19.4 Å². The lowest BCUT2D eigenvalue weighted by Crippen LogP contribution is -2.52. The Kier molecular flexibility index (Phi) is 9.19. The second-order valence-electron chi connectivity index (χ2n) is 9.79. The lowest BCUT2D eigenvalue weighted by atomic mass is 10.1. The zero-order chi connectivity index (χ0) is 29.6. The second kappa shape index (κ2) is 13.2. The molecule has 0 spiro atoms. The van der Waals surface area contributed by atoms with Crippen molar-refractivity contribution in [2.45, 2.75) is 6.54 Å². The minimum atomic E-state index is -0.417. The van der Waals surface area contributed by atoms with E-state index in [9.17, 15) is 14.0 Å². The summed E-state index contributed by atoms with van der Waals surface area (Å²) in [5, 5.41) is 9.38. The first-order chi connectivity index (χ1) is 20.3. The molecule has 42 heavy (non-hydrogen) atoms. The van der Waals surface area contributed by atoms with Gasteiger partial charge in [0.2, 0.25) is 5.91 Å². The molecule has 1 aliphatic rings. The molecule has 2 amide bonds. The van der Waals surface area contributed by atoms with Crippen LogP contribution in [0.2, 0.25) is 10.0 Å². The van der Waals surface area contributed by atoms with Gasteiger partial charge in [-0.05, 0) is 60.2 Å². The Morgan fingerprint density at radius 3 is 2.36 bits per heavy atom. The molecule has 4 aromatic rings. The van der Waals surface area contributed by atoms with Crippen LogP contribution < -0.4 is 9.64 Å². The van der Waals surface area contributed by atoms with Crippen molar-refractivity contribution in [2.24, 2.45) is 0 Å². The van der Waals surface area contributed by atoms with Crippen molar-refractivity contribution in [3.8, 4) is 17.0 Å². The van der Waals surface area contributed by atoms with Gasteiger partial charge in [-0.1, -0.05) is 47.5 Å². The number of amides is 2. The van der Waals surface area contributed by atoms with Gasteiger partial charge in [0.25, 0.3) is 5.91 Å². The summed E-state index contributed by atoms with van der Waals surface area (Å²) < 4.78 is 18.8. The van der Waals surface area contributed by atoms with Crippen LogP contribution in [0.25, 0.3) is 11.3 Å². The number of ether oxygens (including phenoxy) is 1. The van der Waals surface area contributed by atoms with Crippen molar-refractivity contribution in [3.05, 3.63) is 106 Å². The Labute approximate surface area is 253 Å². The highest BCUT2D eigenvalue weighted by Gasteiger charge is 2.27. The fourth-order valence-corrected chi connectivity index (χ4v) is 5.21. The van der Waals surface area contributed by atoms with E-state index in [1.807, 2.05) is 36.4 Å². The molecule has 2 heterocycles. The number of halogens is 3. The number of hydrogen-bond donors (Lipinski definition) is 0. The highest BCUT2D eigenvalue weighted by atomic mass is 35.5. The lowest BCUT2D eigenvalue weighted by Gasteiger charge is -2.36. The number of aromatic nitrogens is 2. The van der Waals surface area contributed by atoms with Crippen LogP contribution in [-0.2, 0) is 11.3 Å². The molecule has 216 valence electrons. The van der Waals surface area contributed by atoms with Crippen LogP contribution in [0.3, 0.4) is 0 Å². The van der Waals surface area contributed by atoms with Crippen LogP contribution in [-0.4, -0.2) is 71.6 Å². The van der Waals surface area contributed by atoms with Crippen LogP contribution in [0.1, 0.15) is 15.9 Å². The highest BCUT2D eigenvalue weighted by molar-refractivity contribution is 6.36. The molecule has 11 heteroatoms. The number of nitrogens with zero attached hydrogens (tertiary/aromatic N) is 5. The molecule has 5 rings (SSSR count). The average molecular weight is 609 g/mol. The van der Waals surface area contributed by atoms with E-state index in [0.29, 0.717) is 36.8 Å².